The van der Waals surface area contributed by atoms with Gasteiger partial charge in [0.05, 0.1) is 29.6 Å². The van der Waals surface area contributed by atoms with Crippen molar-refractivity contribution >= 4 is 33.7 Å². The fraction of sp³-hybridized carbons (Fsp3) is 0.286. The molecule has 0 saturated heterocycles. The molecule has 0 spiro atoms. The van der Waals surface area contributed by atoms with Crippen LogP contribution in [0.4, 0.5) is 0 Å². The zero-order valence-electron chi connectivity index (χ0n) is 15.8. The number of methoxy groups -OCH3 is 1. The third-order valence-corrected chi connectivity index (χ3v) is 4.63. The number of nitrogens with zero attached hydrogens (tertiary/aromatic N) is 1. The largest absolute Gasteiger partial charge is 0.481 e. The molecule has 1 atom stereocenters. The van der Waals surface area contributed by atoms with Gasteiger partial charge in [0, 0.05) is 17.9 Å². The van der Waals surface area contributed by atoms with Gasteiger partial charge in [0.15, 0.2) is 5.43 Å². The van der Waals surface area contributed by atoms with Crippen LogP contribution in [0.25, 0.3) is 21.8 Å². The minimum atomic E-state index is -1.04. The maximum absolute atomic E-state index is 12.8. The molecule has 1 aromatic heterocycles. The number of carbonyl (C=O) groups excluding carboxylic acids is 1. The highest BCUT2D eigenvalue weighted by Crippen LogP contribution is 2.19. The molecular formula is C21H22N2O5. The van der Waals surface area contributed by atoms with Crippen molar-refractivity contribution in [3.05, 3.63) is 58.8 Å². The number of carboxylic acids is 1. The van der Waals surface area contributed by atoms with E-state index in [4.69, 9.17) is 9.84 Å². The number of pyridine rings is 1. The van der Waals surface area contributed by atoms with Crippen molar-refractivity contribution in [3.63, 3.8) is 0 Å². The molecule has 7 heteroatoms. The Morgan fingerprint density at radius 1 is 1.07 bits per heavy atom. The Hall–Kier alpha value is -3.19. The summed E-state index contributed by atoms with van der Waals surface area (Å²) >= 11 is 0. The third-order valence-electron chi connectivity index (χ3n) is 4.63. The summed E-state index contributed by atoms with van der Waals surface area (Å²) in [4.78, 5) is 36.7. The number of benzene rings is 2. The van der Waals surface area contributed by atoms with Crippen molar-refractivity contribution < 1.29 is 19.4 Å². The van der Waals surface area contributed by atoms with Crippen molar-refractivity contribution in [1.29, 1.82) is 0 Å². The number of carboxylic acid groups (broad SMARTS) is 1. The number of rotatable bonds is 7. The molecule has 0 bridgehead atoms. The predicted octanol–water partition coefficient (Wildman–Crippen LogP) is 2.15. The van der Waals surface area contributed by atoms with E-state index in [-0.39, 0.29) is 30.9 Å². The van der Waals surface area contributed by atoms with Crippen LogP contribution in [0.5, 0.6) is 0 Å². The summed E-state index contributed by atoms with van der Waals surface area (Å²) in [5.74, 6) is -1.39. The number of amides is 1. The van der Waals surface area contributed by atoms with Gasteiger partial charge in [0.2, 0.25) is 5.91 Å². The molecule has 2 aromatic carbocycles. The van der Waals surface area contributed by atoms with Crippen LogP contribution in [0.3, 0.4) is 0 Å². The molecule has 1 amide bonds. The van der Waals surface area contributed by atoms with Crippen molar-refractivity contribution in [3.8, 4) is 0 Å². The van der Waals surface area contributed by atoms with E-state index in [1.54, 1.807) is 47.9 Å². The number of carbonyl (C=O) groups is 2. The molecule has 0 saturated carbocycles. The highest BCUT2D eigenvalue weighted by Gasteiger charge is 2.29. The Labute approximate surface area is 161 Å². The van der Waals surface area contributed by atoms with Crippen molar-refractivity contribution in [1.82, 2.24) is 9.88 Å². The first-order valence-corrected chi connectivity index (χ1v) is 8.87. The highest BCUT2D eigenvalue weighted by molar-refractivity contribution is 5.95. The van der Waals surface area contributed by atoms with Crippen LogP contribution in [0.1, 0.15) is 13.3 Å². The fourth-order valence-corrected chi connectivity index (χ4v) is 3.55. The van der Waals surface area contributed by atoms with Crippen molar-refractivity contribution in [2.45, 2.75) is 25.4 Å². The normalized spacial score (nSPS) is 13.4. The van der Waals surface area contributed by atoms with Gasteiger partial charge in [-0.1, -0.05) is 24.3 Å². The topological polar surface area (TPSA) is 97.6 Å². The fourth-order valence-electron chi connectivity index (χ4n) is 3.55. The molecule has 3 aromatic rings. The van der Waals surface area contributed by atoms with E-state index >= 15 is 0 Å². The number of para-hydroxylation sites is 2. The average Bonchev–Trinajstić information content (AvgIpc) is 2.64. The Bertz CT molecular complexity index is 1040. The number of hydrogen-bond acceptors (Lipinski definition) is 4. The minimum absolute atomic E-state index is 0.0553. The summed E-state index contributed by atoms with van der Waals surface area (Å²) in [6, 6.07) is 14.2. The second-order valence-electron chi connectivity index (χ2n) is 7.06. The Kier molecular flexibility index (Phi) is 5.46. The number of fused-ring (bicyclic) bond motifs is 2. The molecule has 7 nitrogen and oxygen atoms in total. The summed E-state index contributed by atoms with van der Waals surface area (Å²) < 4.78 is 6.86. The molecular weight excluding hydrogens is 360 g/mol. The number of aliphatic carboxylic acids is 1. The monoisotopic (exact) mass is 382 g/mol. The van der Waals surface area contributed by atoms with Gasteiger partial charge >= 0.3 is 5.97 Å². The first kappa shape index (κ1) is 19.6. The van der Waals surface area contributed by atoms with Crippen LogP contribution < -0.4 is 10.7 Å². The Morgan fingerprint density at radius 3 is 2.11 bits per heavy atom. The lowest BCUT2D eigenvalue weighted by Gasteiger charge is -2.29. The Balaban J connectivity index is 2.03. The third kappa shape index (κ3) is 3.89. The van der Waals surface area contributed by atoms with Crippen LogP contribution in [-0.2, 0) is 20.9 Å². The molecule has 0 aliphatic rings. The van der Waals surface area contributed by atoms with Gasteiger partial charge in [0.25, 0.3) is 0 Å². The summed E-state index contributed by atoms with van der Waals surface area (Å²) in [5, 5.41) is 13.0. The zero-order chi connectivity index (χ0) is 20.3. The van der Waals surface area contributed by atoms with E-state index in [0.29, 0.717) is 21.8 Å². The van der Waals surface area contributed by atoms with Gasteiger partial charge in [-0.25, -0.2) is 0 Å². The van der Waals surface area contributed by atoms with Gasteiger partial charge in [-0.15, -0.1) is 0 Å². The summed E-state index contributed by atoms with van der Waals surface area (Å²) in [6.07, 6.45) is -0.266. The van der Waals surface area contributed by atoms with E-state index in [9.17, 15) is 14.4 Å². The number of nitrogens with one attached hydrogen (secondary N) is 1. The number of ether oxygens (including phenoxy) is 1. The van der Waals surface area contributed by atoms with Gasteiger partial charge in [-0.2, -0.15) is 0 Å². The lowest BCUT2D eigenvalue weighted by molar-refractivity contribution is -0.139. The van der Waals surface area contributed by atoms with Crippen LogP contribution in [0.2, 0.25) is 0 Å². The van der Waals surface area contributed by atoms with Gasteiger partial charge < -0.3 is 19.7 Å². The standard InChI is InChI=1S/C21H22N2O5/c1-21(13-28-2,11-19(25)26)22-18(24)12-23-16-9-5-3-7-14(16)20(27)15-8-4-6-10-17(15)23/h3-10H,11-13H2,1-2H3,(H,22,24)(H,25,26). The molecule has 0 fully saturated rings. The summed E-state index contributed by atoms with van der Waals surface area (Å²) in [5.41, 5.74) is 0.168. The van der Waals surface area contributed by atoms with E-state index in [1.165, 1.54) is 7.11 Å². The predicted molar refractivity (Wildman–Crippen MR) is 106 cm³/mol. The molecule has 1 unspecified atom stereocenters. The van der Waals surface area contributed by atoms with Crippen LogP contribution >= 0.6 is 0 Å². The van der Waals surface area contributed by atoms with Crippen molar-refractivity contribution in [2.24, 2.45) is 0 Å². The quantitative estimate of drug-likeness (QED) is 0.610. The molecule has 0 radical (unpaired) electrons. The SMILES string of the molecule is COCC(C)(CC(=O)O)NC(=O)Cn1c2ccccc2c(=O)c2ccccc21. The maximum Gasteiger partial charge on any atom is 0.305 e. The second-order valence-corrected chi connectivity index (χ2v) is 7.06. The smallest absolute Gasteiger partial charge is 0.305 e. The lowest BCUT2D eigenvalue weighted by atomic mass is 9.99. The van der Waals surface area contributed by atoms with Crippen molar-refractivity contribution in [2.75, 3.05) is 13.7 Å². The molecule has 146 valence electrons. The molecule has 2 N–H and O–H groups in total. The lowest BCUT2D eigenvalue weighted by Crippen LogP contribution is -2.51. The molecule has 0 aliphatic heterocycles. The number of hydrogen-bond donors (Lipinski definition) is 2. The molecule has 28 heavy (non-hydrogen) atoms. The van der Waals surface area contributed by atoms with E-state index < -0.39 is 11.5 Å². The average molecular weight is 382 g/mol. The van der Waals surface area contributed by atoms with Crippen LogP contribution in [-0.4, -0.2) is 40.8 Å². The second kappa shape index (κ2) is 7.82. The highest BCUT2D eigenvalue weighted by atomic mass is 16.5. The van der Waals surface area contributed by atoms with Gasteiger partial charge in [0.1, 0.15) is 6.54 Å². The first-order chi connectivity index (χ1) is 13.3. The van der Waals surface area contributed by atoms with E-state index in [1.807, 2.05) is 12.1 Å². The summed E-state index contributed by atoms with van der Waals surface area (Å²) in [7, 11) is 1.45. The molecule has 0 aliphatic carbocycles. The van der Waals surface area contributed by atoms with E-state index in [2.05, 4.69) is 5.32 Å². The maximum atomic E-state index is 12.8. The molecule has 3 rings (SSSR count). The Morgan fingerprint density at radius 2 is 1.61 bits per heavy atom. The van der Waals surface area contributed by atoms with Crippen LogP contribution in [0.15, 0.2) is 53.3 Å². The molecule has 1 heterocycles. The summed E-state index contributed by atoms with van der Waals surface area (Å²) in [6.45, 7) is 1.64. The van der Waals surface area contributed by atoms with Crippen LogP contribution in [0, 0.1) is 0 Å². The van der Waals surface area contributed by atoms with Gasteiger partial charge in [-0.05, 0) is 31.2 Å². The first-order valence-electron chi connectivity index (χ1n) is 8.87. The number of aromatic nitrogens is 1. The van der Waals surface area contributed by atoms with Gasteiger partial charge in [-0.3, -0.25) is 14.4 Å². The minimum Gasteiger partial charge on any atom is -0.481 e. The van der Waals surface area contributed by atoms with E-state index in [0.717, 1.165) is 0 Å². The zero-order valence-corrected chi connectivity index (χ0v) is 15.8.